The Bertz CT molecular complexity index is 998. The van der Waals surface area contributed by atoms with Gasteiger partial charge >= 0.3 is 0 Å². The molecule has 0 aliphatic rings. The highest BCUT2D eigenvalue weighted by Gasteiger charge is 2.09. The Hall–Kier alpha value is -2.92. The summed E-state index contributed by atoms with van der Waals surface area (Å²) >= 11 is 5.83. The van der Waals surface area contributed by atoms with Crippen molar-refractivity contribution in [3.8, 4) is 17.0 Å². The maximum absolute atomic E-state index is 13.7. The molecule has 0 radical (unpaired) electrons. The van der Waals surface area contributed by atoms with Gasteiger partial charge in [-0.3, -0.25) is 9.78 Å². The summed E-state index contributed by atoms with van der Waals surface area (Å²) in [6.45, 7) is 3.81. The zero-order valence-corrected chi connectivity index (χ0v) is 15.7. The number of rotatable bonds is 5. The molecule has 27 heavy (non-hydrogen) atoms. The van der Waals surface area contributed by atoms with Gasteiger partial charge < -0.3 is 10.5 Å². The Balaban J connectivity index is 1.80. The number of hydrogen-bond donors (Lipinski definition) is 1. The number of nitrogens with two attached hydrogens (primary N) is 1. The minimum absolute atomic E-state index is 0.100. The average Bonchev–Trinajstić information content (AvgIpc) is 2.64. The molecule has 0 spiro atoms. The van der Waals surface area contributed by atoms with Gasteiger partial charge in [-0.15, -0.1) is 0 Å². The maximum atomic E-state index is 13.7. The van der Waals surface area contributed by atoms with Gasteiger partial charge in [0.05, 0.1) is 10.7 Å². The van der Waals surface area contributed by atoms with Crippen LogP contribution in [0.4, 0.5) is 4.39 Å². The van der Waals surface area contributed by atoms with Gasteiger partial charge in [0, 0.05) is 23.4 Å². The first-order valence-electron chi connectivity index (χ1n) is 8.29. The van der Waals surface area contributed by atoms with Crippen molar-refractivity contribution in [3.05, 3.63) is 81.8 Å². The lowest BCUT2D eigenvalue weighted by Gasteiger charge is -2.10. The van der Waals surface area contributed by atoms with Gasteiger partial charge in [-0.25, -0.2) is 4.39 Å². The van der Waals surface area contributed by atoms with E-state index >= 15 is 0 Å². The molecule has 138 valence electrons. The second-order valence-electron chi connectivity index (χ2n) is 6.27. The van der Waals surface area contributed by atoms with Crippen molar-refractivity contribution in [2.45, 2.75) is 20.5 Å². The zero-order valence-electron chi connectivity index (χ0n) is 14.9. The molecule has 1 aromatic heterocycles. The van der Waals surface area contributed by atoms with Crippen LogP contribution in [0.5, 0.6) is 5.75 Å². The summed E-state index contributed by atoms with van der Waals surface area (Å²) in [7, 11) is 0. The fourth-order valence-electron chi connectivity index (χ4n) is 2.77. The number of amides is 1. The highest BCUT2D eigenvalue weighted by atomic mass is 35.5. The SMILES string of the molecule is Cc1cc(-c2cc(COc3cc(C)c(Cl)c(F)c3)ccn2)ccc1C(N)=O. The van der Waals surface area contributed by atoms with Gasteiger partial charge in [-0.1, -0.05) is 17.7 Å². The summed E-state index contributed by atoms with van der Waals surface area (Å²) in [6.07, 6.45) is 1.68. The molecule has 0 aliphatic heterocycles. The second kappa shape index (κ2) is 7.76. The molecule has 0 unspecified atom stereocenters. The van der Waals surface area contributed by atoms with Crippen LogP contribution in [0.1, 0.15) is 27.0 Å². The topological polar surface area (TPSA) is 65.2 Å². The third-order valence-electron chi connectivity index (χ3n) is 4.20. The number of carbonyl (C=O) groups excluding carboxylic acids is 1. The molecule has 4 nitrogen and oxygen atoms in total. The second-order valence-corrected chi connectivity index (χ2v) is 6.65. The van der Waals surface area contributed by atoms with Crippen LogP contribution in [0.25, 0.3) is 11.3 Å². The molecule has 3 aromatic rings. The van der Waals surface area contributed by atoms with Gasteiger partial charge in [-0.2, -0.15) is 0 Å². The lowest BCUT2D eigenvalue weighted by molar-refractivity contribution is 0.0999. The number of benzene rings is 2. The summed E-state index contributed by atoms with van der Waals surface area (Å²) in [5.74, 6) is -0.554. The maximum Gasteiger partial charge on any atom is 0.248 e. The van der Waals surface area contributed by atoms with Crippen molar-refractivity contribution in [1.82, 2.24) is 4.98 Å². The molecule has 0 aliphatic carbocycles. The summed E-state index contributed by atoms with van der Waals surface area (Å²) in [5.41, 5.74) is 9.73. The molecule has 6 heteroatoms. The van der Waals surface area contributed by atoms with Crippen LogP contribution in [0.2, 0.25) is 5.02 Å². The van der Waals surface area contributed by atoms with Gasteiger partial charge in [-0.05, 0) is 60.9 Å². The first-order valence-corrected chi connectivity index (χ1v) is 8.67. The van der Waals surface area contributed by atoms with Crippen LogP contribution < -0.4 is 10.5 Å². The molecule has 0 saturated carbocycles. The van der Waals surface area contributed by atoms with E-state index in [1.165, 1.54) is 6.07 Å². The van der Waals surface area contributed by atoms with E-state index in [9.17, 15) is 9.18 Å². The summed E-state index contributed by atoms with van der Waals surface area (Å²) in [5, 5.41) is 0.100. The third-order valence-corrected chi connectivity index (χ3v) is 4.68. The number of aryl methyl sites for hydroxylation is 2. The van der Waals surface area contributed by atoms with E-state index in [1.807, 2.05) is 25.1 Å². The molecule has 0 fully saturated rings. The van der Waals surface area contributed by atoms with Crippen molar-refractivity contribution in [1.29, 1.82) is 0 Å². The van der Waals surface area contributed by atoms with Crippen LogP contribution in [0.3, 0.4) is 0 Å². The molecule has 0 bridgehead atoms. The first-order chi connectivity index (χ1) is 12.8. The minimum atomic E-state index is -0.507. The molecular formula is C21H18ClFN2O2. The number of halogens is 2. The molecular weight excluding hydrogens is 367 g/mol. The Labute approximate surface area is 161 Å². The number of ether oxygens (including phenoxy) is 1. The van der Waals surface area contributed by atoms with E-state index in [-0.39, 0.29) is 11.6 Å². The largest absolute Gasteiger partial charge is 0.489 e. The van der Waals surface area contributed by atoms with Crippen molar-refractivity contribution in [2.75, 3.05) is 0 Å². The number of primary amides is 1. The van der Waals surface area contributed by atoms with Gasteiger partial charge in [0.15, 0.2) is 0 Å². The monoisotopic (exact) mass is 384 g/mol. The van der Waals surface area contributed by atoms with E-state index in [2.05, 4.69) is 4.98 Å². The Morgan fingerprint density at radius 2 is 1.93 bits per heavy atom. The Kier molecular flexibility index (Phi) is 5.42. The van der Waals surface area contributed by atoms with E-state index in [0.717, 1.165) is 22.4 Å². The van der Waals surface area contributed by atoms with Gasteiger partial charge in [0.2, 0.25) is 5.91 Å². The molecule has 1 heterocycles. The zero-order chi connectivity index (χ0) is 19.6. The van der Waals surface area contributed by atoms with E-state index in [0.29, 0.717) is 16.9 Å². The van der Waals surface area contributed by atoms with Crippen LogP contribution in [-0.2, 0) is 6.61 Å². The first kappa shape index (κ1) is 18.9. The highest BCUT2D eigenvalue weighted by Crippen LogP contribution is 2.26. The summed E-state index contributed by atoms with van der Waals surface area (Å²) in [6, 6.07) is 12.0. The Morgan fingerprint density at radius 3 is 2.59 bits per heavy atom. The number of pyridine rings is 1. The normalized spacial score (nSPS) is 10.7. The smallest absolute Gasteiger partial charge is 0.248 e. The quantitative estimate of drug-likeness (QED) is 0.684. The molecule has 3 rings (SSSR count). The van der Waals surface area contributed by atoms with Crippen LogP contribution in [0.15, 0.2) is 48.7 Å². The molecule has 2 N–H and O–H groups in total. The summed E-state index contributed by atoms with van der Waals surface area (Å²) < 4.78 is 19.4. The molecule has 0 saturated heterocycles. The predicted octanol–water partition coefficient (Wildman–Crippen LogP) is 4.84. The molecule has 2 aromatic carbocycles. The van der Waals surface area contributed by atoms with Gasteiger partial charge in [0.25, 0.3) is 0 Å². The highest BCUT2D eigenvalue weighted by molar-refractivity contribution is 6.31. The number of hydrogen-bond acceptors (Lipinski definition) is 3. The number of nitrogens with zero attached hydrogens (tertiary/aromatic N) is 1. The van der Waals surface area contributed by atoms with Crippen LogP contribution in [0, 0.1) is 19.7 Å². The van der Waals surface area contributed by atoms with Gasteiger partial charge in [0.1, 0.15) is 18.2 Å². The number of carbonyl (C=O) groups is 1. The van der Waals surface area contributed by atoms with Crippen LogP contribution >= 0.6 is 11.6 Å². The fraction of sp³-hybridized carbons (Fsp3) is 0.143. The summed E-state index contributed by atoms with van der Waals surface area (Å²) in [4.78, 5) is 15.7. The minimum Gasteiger partial charge on any atom is -0.489 e. The molecule has 1 amide bonds. The van der Waals surface area contributed by atoms with E-state index in [1.54, 1.807) is 31.3 Å². The van der Waals surface area contributed by atoms with E-state index in [4.69, 9.17) is 22.1 Å². The van der Waals surface area contributed by atoms with Crippen LogP contribution in [-0.4, -0.2) is 10.9 Å². The standard InChI is InChI=1S/C21H18ClFN2O2/c1-12-7-15(3-4-17(12)21(24)26)19-9-14(5-6-25-19)11-27-16-8-13(2)20(22)18(23)10-16/h3-10H,11H2,1-2H3,(H2,24,26). The fourth-order valence-corrected chi connectivity index (χ4v) is 2.88. The van der Waals surface area contributed by atoms with Crippen molar-refractivity contribution < 1.29 is 13.9 Å². The van der Waals surface area contributed by atoms with Crippen molar-refractivity contribution in [2.24, 2.45) is 5.73 Å². The third kappa shape index (κ3) is 4.26. The Morgan fingerprint density at radius 1 is 1.15 bits per heavy atom. The van der Waals surface area contributed by atoms with Crippen molar-refractivity contribution >= 4 is 17.5 Å². The lowest BCUT2D eigenvalue weighted by Crippen LogP contribution is -2.12. The van der Waals surface area contributed by atoms with Crippen molar-refractivity contribution in [3.63, 3.8) is 0 Å². The average molecular weight is 385 g/mol. The lowest BCUT2D eigenvalue weighted by atomic mass is 10.0. The number of aromatic nitrogens is 1. The predicted molar refractivity (Wildman–Crippen MR) is 103 cm³/mol. The van der Waals surface area contributed by atoms with E-state index < -0.39 is 11.7 Å². The molecule has 0 atom stereocenters.